The zero-order valence-electron chi connectivity index (χ0n) is 19.1. The van der Waals surface area contributed by atoms with Crippen molar-refractivity contribution in [1.29, 1.82) is 0 Å². The number of aromatic hydroxyl groups is 1. The van der Waals surface area contributed by atoms with E-state index < -0.39 is 24.2 Å². The van der Waals surface area contributed by atoms with Gasteiger partial charge in [0.25, 0.3) is 5.91 Å². The number of carbonyl (C=O) groups is 2. The molecule has 0 aliphatic carbocycles. The van der Waals surface area contributed by atoms with Crippen LogP contribution in [0.4, 0.5) is 18.9 Å². The quantitative estimate of drug-likeness (QED) is 0.499. The topological polar surface area (TPSA) is 109 Å². The van der Waals surface area contributed by atoms with E-state index in [4.69, 9.17) is 21.1 Å². The highest BCUT2D eigenvalue weighted by Gasteiger charge is 2.43. The summed E-state index contributed by atoms with van der Waals surface area (Å²) in [6.45, 7) is 1.95. The number of ether oxygens (including phenoxy) is 2. The summed E-state index contributed by atoms with van der Waals surface area (Å²) >= 11 is 5.87. The Morgan fingerprint density at radius 1 is 1.22 bits per heavy atom. The summed E-state index contributed by atoms with van der Waals surface area (Å²) in [6.07, 6.45) is -5.74. The molecule has 196 valence electrons. The lowest BCUT2D eigenvalue weighted by molar-refractivity contribution is -0.201. The Balaban J connectivity index is 1.58. The van der Waals surface area contributed by atoms with Gasteiger partial charge in [0.05, 0.1) is 0 Å². The highest BCUT2D eigenvalue weighted by molar-refractivity contribution is 6.30. The number of halogens is 4. The van der Waals surface area contributed by atoms with Crippen molar-refractivity contribution in [2.75, 3.05) is 31.3 Å². The molecule has 9 nitrogen and oxygen atoms in total. The smallest absolute Gasteiger partial charge is 0.493 e. The Hall–Kier alpha value is -3.22. The minimum atomic E-state index is -5.34. The molecule has 3 rings (SSSR count). The molecule has 1 aliphatic rings. The molecule has 1 amide bonds. The number of benzene rings is 2. The fourth-order valence-electron chi connectivity index (χ4n) is 3.51. The molecule has 2 unspecified atom stereocenters. The highest BCUT2D eigenvalue weighted by Crippen LogP contribution is 2.33. The van der Waals surface area contributed by atoms with Gasteiger partial charge in [0.2, 0.25) is 0 Å². The third-order valence-corrected chi connectivity index (χ3v) is 5.35. The Morgan fingerprint density at radius 2 is 1.92 bits per heavy atom. The van der Waals surface area contributed by atoms with Crippen molar-refractivity contribution in [1.82, 2.24) is 4.90 Å². The van der Waals surface area contributed by atoms with Gasteiger partial charge in [-0.3, -0.25) is 9.69 Å². The Bertz CT molecular complexity index is 1070. The molecule has 2 aromatic carbocycles. The van der Waals surface area contributed by atoms with E-state index >= 15 is 0 Å². The molecule has 1 heterocycles. The van der Waals surface area contributed by atoms with Gasteiger partial charge in [-0.25, -0.2) is 4.79 Å². The molecule has 0 saturated carbocycles. The summed E-state index contributed by atoms with van der Waals surface area (Å²) in [5.74, 6) is -3.58. The maximum absolute atomic E-state index is 12.6. The lowest BCUT2D eigenvalue weighted by Gasteiger charge is -2.24. The van der Waals surface area contributed by atoms with Crippen LogP contribution in [0.3, 0.4) is 0 Å². The number of carbonyl (C=O) groups excluding carboxylic acids is 2. The van der Waals surface area contributed by atoms with Crippen molar-refractivity contribution in [3.05, 3.63) is 47.5 Å². The first-order chi connectivity index (χ1) is 16.9. The summed E-state index contributed by atoms with van der Waals surface area (Å²) in [4.78, 5) is 29.3. The number of aliphatic hydroxyl groups is 1. The van der Waals surface area contributed by atoms with Gasteiger partial charge in [0.1, 0.15) is 41.8 Å². The van der Waals surface area contributed by atoms with Crippen molar-refractivity contribution >= 4 is 29.2 Å². The predicted octanol–water partition coefficient (Wildman–Crippen LogP) is 3.31. The van der Waals surface area contributed by atoms with E-state index in [0.717, 1.165) is 31.5 Å². The van der Waals surface area contributed by atoms with Crippen molar-refractivity contribution in [2.24, 2.45) is 0 Å². The van der Waals surface area contributed by atoms with Gasteiger partial charge >= 0.3 is 12.1 Å². The molecule has 0 spiro atoms. The molecular formula is C23H24ClF3N2O7. The number of amides is 1. The van der Waals surface area contributed by atoms with Crippen molar-refractivity contribution in [2.45, 2.75) is 31.7 Å². The zero-order chi connectivity index (χ0) is 26.5. The van der Waals surface area contributed by atoms with E-state index in [1.54, 1.807) is 24.3 Å². The third kappa shape index (κ3) is 7.64. The molecular weight excluding hydrogens is 509 g/mol. The Kier molecular flexibility index (Phi) is 8.88. The lowest BCUT2D eigenvalue weighted by atomic mass is 10.2. The molecule has 36 heavy (non-hydrogen) atoms. The van der Waals surface area contributed by atoms with Crippen LogP contribution >= 0.6 is 11.6 Å². The van der Waals surface area contributed by atoms with E-state index in [-0.39, 0.29) is 41.5 Å². The SMILES string of the molecule is CC(=O)N(OC(=O)C(F)(F)F)c1ccc(O)cc1OCC(O)CN1CCC(Oc2ccc(Cl)cc2)C1. The standard InChI is InChI=1S/C23H24ClF3N2O7/c1-14(30)29(36-22(33)23(25,26)27)20-7-4-16(31)10-21(20)34-13-17(32)11-28-9-8-19(12-28)35-18-5-2-15(24)3-6-18/h2-7,10,17,19,31-32H,8-9,11-13H2,1H3. The first-order valence-electron chi connectivity index (χ1n) is 10.8. The molecule has 0 radical (unpaired) electrons. The van der Waals surface area contributed by atoms with Gasteiger partial charge in [-0.15, -0.1) is 5.06 Å². The second-order valence-corrected chi connectivity index (χ2v) is 8.49. The number of rotatable bonds is 8. The number of β-amino-alcohol motifs (C(OH)–C–C–N with tert-alkyl or cyclic N) is 1. The predicted molar refractivity (Wildman–Crippen MR) is 122 cm³/mol. The second-order valence-electron chi connectivity index (χ2n) is 8.05. The third-order valence-electron chi connectivity index (χ3n) is 5.10. The maximum Gasteiger partial charge on any atom is 0.493 e. The maximum atomic E-state index is 12.6. The fraction of sp³-hybridized carbons (Fsp3) is 0.391. The molecule has 0 aromatic heterocycles. The van der Waals surface area contributed by atoms with E-state index in [1.165, 1.54) is 0 Å². The van der Waals surface area contributed by atoms with Crippen LogP contribution in [0.1, 0.15) is 13.3 Å². The number of phenolic OH excluding ortho intramolecular Hbond substituents is 1. The first-order valence-corrected chi connectivity index (χ1v) is 11.2. The number of likely N-dealkylation sites (tertiary alicyclic amines) is 1. The molecule has 1 aliphatic heterocycles. The van der Waals surface area contributed by atoms with Crippen LogP contribution in [-0.2, 0) is 14.4 Å². The molecule has 2 aromatic rings. The summed E-state index contributed by atoms with van der Waals surface area (Å²) in [5, 5.41) is 20.9. The number of aliphatic hydroxyl groups excluding tert-OH is 1. The number of hydrogen-bond acceptors (Lipinski definition) is 8. The molecule has 1 saturated heterocycles. The van der Waals surface area contributed by atoms with Crippen molar-refractivity contribution in [3.63, 3.8) is 0 Å². The largest absolute Gasteiger partial charge is 0.508 e. The minimum absolute atomic E-state index is 0.0931. The van der Waals surface area contributed by atoms with Gasteiger partial charge in [-0.1, -0.05) is 11.6 Å². The molecule has 13 heteroatoms. The van der Waals surface area contributed by atoms with E-state index in [2.05, 4.69) is 4.84 Å². The van der Waals surface area contributed by atoms with Crippen LogP contribution in [0, 0.1) is 0 Å². The molecule has 2 atom stereocenters. The molecule has 2 N–H and O–H groups in total. The Labute approximate surface area is 209 Å². The van der Waals surface area contributed by atoms with Crippen LogP contribution in [-0.4, -0.2) is 71.6 Å². The van der Waals surface area contributed by atoms with Crippen LogP contribution in [0.2, 0.25) is 5.02 Å². The van der Waals surface area contributed by atoms with E-state index in [1.807, 2.05) is 4.90 Å². The van der Waals surface area contributed by atoms with Gasteiger partial charge in [0, 0.05) is 37.6 Å². The minimum Gasteiger partial charge on any atom is -0.508 e. The van der Waals surface area contributed by atoms with Gasteiger partial charge in [-0.2, -0.15) is 13.2 Å². The van der Waals surface area contributed by atoms with Crippen molar-refractivity contribution in [3.8, 4) is 17.2 Å². The highest BCUT2D eigenvalue weighted by atomic mass is 35.5. The monoisotopic (exact) mass is 532 g/mol. The summed E-state index contributed by atoms with van der Waals surface area (Å²) < 4.78 is 49.3. The average Bonchev–Trinajstić information content (AvgIpc) is 3.23. The Morgan fingerprint density at radius 3 is 2.56 bits per heavy atom. The van der Waals surface area contributed by atoms with Gasteiger partial charge in [0.15, 0.2) is 0 Å². The number of anilines is 1. The van der Waals surface area contributed by atoms with Gasteiger partial charge in [-0.05, 0) is 42.8 Å². The normalized spacial score (nSPS) is 16.9. The van der Waals surface area contributed by atoms with Crippen LogP contribution in [0.25, 0.3) is 0 Å². The van der Waals surface area contributed by atoms with Crippen molar-refractivity contribution < 1.29 is 47.3 Å². The van der Waals surface area contributed by atoms with Crippen LogP contribution in [0.5, 0.6) is 17.2 Å². The lowest BCUT2D eigenvalue weighted by Crippen LogP contribution is -2.38. The summed E-state index contributed by atoms with van der Waals surface area (Å²) in [7, 11) is 0. The molecule has 1 fully saturated rings. The van der Waals surface area contributed by atoms with E-state index in [0.29, 0.717) is 23.9 Å². The number of nitrogens with zero attached hydrogens (tertiary/aromatic N) is 2. The van der Waals surface area contributed by atoms with Crippen LogP contribution in [0.15, 0.2) is 42.5 Å². The number of phenols is 1. The first kappa shape index (κ1) is 27.4. The number of hydrogen-bond donors (Lipinski definition) is 2. The average molecular weight is 533 g/mol. The van der Waals surface area contributed by atoms with Gasteiger partial charge < -0.3 is 24.5 Å². The number of alkyl halides is 3. The summed E-state index contributed by atoms with van der Waals surface area (Å²) in [5.41, 5.74) is -0.359. The van der Waals surface area contributed by atoms with Crippen LogP contribution < -0.4 is 14.5 Å². The number of hydroxylamine groups is 1. The zero-order valence-corrected chi connectivity index (χ0v) is 19.8. The molecule has 0 bridgehead atoms. The fourth-order valence-corrected chi connectivity index (χ4v) is 3.63. The second kappa shape index (κ2) is 11.7. The van der Waals surface area contributed by atoms with E-state index in [9.17, 15) is 33.0 Å². The summed E-state index contributed by atoms with van der Waals surface area (Å²) in [6, 6.07) is 10.1.